The highest BCUT2D eigenvalue weighted by molar-refractivity contribution is 9.10. The summed E-state index contributed by atoms with van der Waals surface area (Å²) in [5, 5.41) is 8.39. The van der Waals surface area contributed by atoms with Crippen LogP contribution in [0.5, 0.6) is 0 Å². The van der Waals surface area contributed by atoms with Gasteiger partial charge in [0.25, 0.3) is 5.91 Å². The fraction of sp³-hybridized carbons (Fsp3) is 0.286. The molecule has 2 rings (SSSR count). The van der Waals surface area contributed by atoms with Crippen LogP contribution in [0.2, 0.25) is 5.02 Å². The molecular formula is C14H15BrClN3OS. The second-order valence-electron chi connectivity index (χ2n) is 4.36. The molecule has 1 amide bonds. The minimum Gasteiger partial charge on any atom is -0.369 e. The van der Waals surface area contributed by atoms with Crippen LogP contribution in [0.4, 0.5) is 5.82 Å². The minimum absolute atomic E-state index is 0.188. The molecule has 0 unspecified atom stereocenters. The Bertz CT molecular complexity index is 632. The molecule has 2 heterocycles. The molecule has 0 aliphatic heterocycles. The Morgan fingerprint density at radius 2 is 2.33 bits per heavy atom. The van der Waals surface area contributed by atoms with Crippen LogP contribution in [0, 0.1) is 0 Å². The zero-order chi connectivity index (χ0) is 15.2. The van der Waals surface area contributed by atoms with E-state index >= 15 is 0 Å². The van der Waals surface area contributed by atoms with Gasteiger partial charge in [0.05, 0.1) is 17.1 Å². The predicted octanol–water partition coefficient (Wildman–Crippen LogP) is 4.31. The van der Waals surface area contributed by atoms with Crippen molar-refractivity contribution in [2.75, 3.05) is 11.9 Å². The largest absolute Gasteiger partial charge is 0.369 e. The first-order valence-electron chi connectivity index (χ1n) is 6.51. The molecule has 0 saturated carbocycles. The Morgan fingerprint density at radius 3 is 2.95 bits per heavy atom. The van der Waals surface area contributed by atoms with Crippen molar-refractivity contribution in [3.63, 3.8) is 0 Å². The van der Waals surface area contributed by atoms with Crippen molar-refractivity contribution in [1.29, 1.82) is 0 Å². The number of carbonyl (C=O) groups excluding carboxylic acids is 1. The molecule has 4 nitrogen and oxygen atoms in total. The first-order chi connectivity index (χ1) is 10.1. The standard InChI is InChI=1S/C14H15BrClN3OS/c1-2-4-17-13-11(16)6-9(7-18-13)14(20)19-8-12-10(15)3-5-21-12/h3,5-7H,2,4,8H2,1H3,(H,17,18)(H,19,20). The quantitative estimate of drug-likeness (QED) is 0.775. The third-order valence-electron chi connectivity index (χ3n) is 2.75. The van der Waals surface area contributed by atoms with Gasteiger partial charge in [0.15, 0.2) is 0 Å². The van der Waals surface area contributed by atoms with Crippen molar-refractivity contribution in [3.8, 4) is 0 Å². The average Bonchev–Trinajstić information content (AvgIpc) is 2.88. The molecule has 0 spiro atoms. The molecule has 0 radical (unpaired) electrons. The molecule has 0 atom stereocenters. The van der Waals surface area contributed by atoms with Gasteiger partial charge in [0.1, 0.15) is 5.82 Å². The summed E-state index contributed by atoms with van der Waals surface area (Å²) < 4.78 is 1.00. The summed E-state index contributed by atoms with van der Waals surface area (Å²) in [6.07, 6.45) is 2.51. The van der Waals surface area contributed by atoms with E-state index in [9.17, 15) is 4.79 Å². The van der Waals surface area contributed by atoms with Gasteiger partial charge < -0.3 is 10.6 Å². The summed E-state index contributed by atoms with van der Waals surface area (Å²) in [5.74, 6) is 0.419. The van der Waals surface area contributed by atoms with Gasteiger partial charge in [-0.15, -0.1) is 11.3 Å². The maximum atomic E-state index is 12.1. The molecule has 0 fully saturated rings. The van der Waals surface area contributed by atoms with Gasteiger partial charge in [0, 0.05) is 22.1 Å². The van der Waals surface area contributed by atoms with Crippen molar-refractivity contribution in [2.45, 2.75) is 19.9 Å². The van der Waals surface area contributed by atoms with Crippen LogP contribution in [0.25, 0.3) is 0 Å². The number of nitrogens with one attached hydrogen (secondary N) is 2. The van der Waals surface area contributed by atoms with Crippen LogP contribution in [0.3, 0.4) is 0 Å². The summed E-state index contributed by atoms with van der Waals surface area (Å²) in [6.45, 7) is 3.33. The summed E-state index contributed by atoms with van der Waals surface area (Å²) in [5.41, 5.74) is 0.453. The van der Waals surface area contributed by atoms with Gasteiger partial charge in [-0.2, -0.15) is 0 Å². The van der Waals surface area contributed by atoms with Crippen molar-refractivity contribution >= 4 is 50.6 Å². The second-order valence-corrected chi connectivity index (χ2v) is 6.62. The lowest BCUT2D eigenvalue weighted by atomic mass is 10.2. The number of rotatable bonds is 6. The number of pyridine rings is 1. The van der Waals surface area contributed by atoms with Gasteiger partial charge in [-0.1, -0.05) is 18.5 Å². The fourth-order valence-corrected chi connectivity index (χ4v) is 3.31. The van der Waals surface area contributed by atoms with Crippen LogP contribution in [0.1, 0.15) is 28.6 Å². The fourth-order valence-electron chi connectivity index (χ4n) is 1.65. The smallest absolute Gasteiger partial charge is 0.253 e. The molecule has 2 aromatic rings. The zero-order valence-electron chi connectivity index (χ0n) is 11.5. The van der Waals surface area contributed by atoms with E-state index in [0.29, 0.717) is 22.9 Å². The number of halogens is 2. The number of thiophene rings is 1. The van der Waals surface area contributed by atoms with E-state index in [-0.39, 0.29) is 5.91 Å². The van der Waals surface area contributed by atoms with Gasteiger partial charge in [-0.25, -0.2) is 4.98 Å². The number of hydrogen-bond acceptors (Lipinski definition) is 4. The monoisotopic (exact) mass is 387 g/mol. The van der Waals surface area contributed by atoms with Crippen molar-refractivity contribution in [3.05, 3.63) is 43.6 Å². The topological polar surface area (TPSA) is 54.0 Å². The molecule has 0 aromatic carbocycles. The lowest BCUT2D eigenvalue weighted by molar-refractivity contribution is 0.0951. The third kappa shape index (κ3) is 4.43. The number of hydrogen-bond donors (Lipinski definition) is 2. The lowest BCUT2D eigenvalue weighted by Crippen LogP contribution is -2.22. The van der Waals surface area contributed by atoms with Crippen molar-refractivity contribution < 1.29 is 4.79 Å². The number of anilines is 1. The highest BCUT2D eigenvalue weighted by Gasteiger charge is 2.10. The van der Waals surface area contributed by atoms with E-state index in [1.165, 1.54) is 6.20 Å². The summed E-state index contributed by atoms with van der Waals surface area (Å²) in [7, 11) is 0. The number of carbonyl (C=O) groups is 1. The third-order valence-corrected chi connectivity index (χ3v) is 4.96. The second kappa shape index (κ2) is 7.77. The maximum Gasteiger partial charge on any atom is 0.253 e. The van der Waals surface area contributed by atoms with Crippen molar-refractivity contribution in [1.82, 2.24) is 10.3 Å². The maximum absolute atomic E-state index is 12.1. The van der Waals surface area contributed by atoms with Crippen LogP contribution >= 0.6 is 38.9 Å². The molecule has 21 heavy (non-hydrogen) atoms. The molecular weight excluding hydrogens is 374 g/mol. The molecule has 7 heteroatoms. The average molecular weight is 389 g/mol. The molecule has 0 aliphatic rings. The van der Waals surface area contributed by atoms with E-state index in [4.69, 9.17) is 11.6 Å². The Hall–Kier alpha value is -1.11. The Morgan fingerprint density at radius 1 is 1.52 bits per heavy atom. The Balaban J connectivity index is 1.99. The number of nitrogens with zero attached hydrogens (tertiary/aromatic N) is 1. The molecule has 2 aromatic heterocycles. The molecule has 0 saturated heterocycles. The Kier molecular flexibility index (Phi) is 6.02. The normalized spacial score (nSPS) is 10.4. The van der Waals surface area contributed by atoms with Crippen LogP contribution in [0.15, 0.2) is 28.2 Å². The minimum atomic E-state index is -0.188. The highest BCUT2D eigenvalue weighted by Crippen LogP contribution is 2.23. The van der Waals surface area contributed by atoms with E-state index < -0.39 is 0 Å². The summed E-state index contributed by atoms with van der Waals surface area (Å²) >= 11 is 11.1. The van der Waals surface area contributed by atoms with E-state index in [1.807, 2.05) is 11.4 Å². The van der Waals surface area contributed by atoms with E-state index in [1.54, 1.807) is 17.4 Å². The molecule has 112 valence electrons. The van der Waals surface area contributed by atoms with Gasteiger partial charge in [0.2, 0.25) is 0 Å². The summed E-state index contributed by atoms with van der Waals surface area (Å²) in [4.78, 5) is 17.3. The number of aromatic nitrogens is 1. The molecule has 2 N–H and O–H groups in total. The first-order valence-corrected chi connectivity index (χ1v) is 8.56. The predicted molar refractivity (Wildman–Crippen MR) is 91.2 cm³/mol. The van der Waals surface area contributed by atoms with Crippen molar-refractivity contribution in [2.24, 2.45) is 0 Å². The highest BCUT2D eigenvalue weighted by atomic mass is 79.9. The van der Waals surface area contributed by atoms with E-state index in [2.05, 4.69) is 38.5 Å². The Labute approximate surface area is 141 Å². The molecule has 0 aliphatic carbocycles. The van der Waals surface area contributed by atoms with Crippen LogP contribution in [-0.2, 0) is 6.54 Å². The van der Waals surface area contributed by atoms with E-state index in [0.717, 1.165) is 22.3 Å². The van der Waals surface area contributed by atoms with Gasteiger partial charge in [-0.3, -0.25) is 4.79 Å². The number of amides is 1. The van der Waals surface area contributed by atoms with Crippen LogP contribution in [-0.4, -0.2) is 17.4 Å². The first kappa shape index (κ1) is 16.3. The zero-order valence-corrected chi connectivity index (χ0v) is 14.6. The van der Waals surface area contributed by atoms with Crippen LogP contribution < -0.4 is 10.6 Å². The molecule has 0 bridgehead atoms. The lowest BCUT2D eigenvalue weighted by Gasteiger charge is -2.08. The van der Waals surface area contributed by atoms with Gasteiger partial charge >= 0.3 is 0 Å². The SMILES string of the molecule is CCCNc1ncc(C(=O)NCc2sccc2Br)cc1Cl. The summed E-state index contributed by atoms with van der Waals surface area (Å²) in [6, 6.07) is 3.59. The van der Waals surface area contributed by atoms with Gasteiger partial charge in [-0.05, 0) is 39.9 Å².